The Hall–Kier alpha value is -2.49. The zero-order chi connectivity index (χ0) is 15.4. The van der Waals surface area contributed by atoms with Gasteiger partial charge in [0.25, 0.3) is 0 Å². The van der Waals surface area contributed by atoms with Gasteiger partial charge in [-0.05, 0) is 42.2 Å². The van der Waals surface area contributed by atoms with Gasteiger partial charge in [-0.3, -0.25) is 4.79 Å². The summed E-state index contributed by atoms with van der Waals surface area (Å²) >= 11 is 0. The van der Waals surface area contributed by atoms with Crippen molar-refractivity contribution in [2.45, 2.75) is 26.7 Å². The molecule has 4 heteroatoms. The average molecular weight is 283 g/mol. The van der Waals surface area contributed by atoms with Gasteiger partial charge in [-0.2, -0.15) is 0 Å². The summed E-state index contributed by atoms with van der Waals surface area (Å²) in [6, 6.07) is 11.4. The number of hydrogen-bond donors (Lipinski definition) is 3. The number of carbonyl (C=O) groups excluding carboxylic acids is 1. The quantitative estimate of drug-likeness (QED) is 0.737. The zero-order valence-electron chi connectivity index (χ0n) is 12.4. The molecule has 2 aromatic carbocycles. The van der Waals surface area contributed by atoms with Gasteiger partial charge in [0.1, 0.15) is 0 Å². The van der Waals surface area contributed by atoms with Crippen LogP contribution in [0.4, 0.5) is 17.1 Å². The van der Waals surface area contributed by atoms with Crippen molar-refractivity contribution in [3.63, 3.8) is 0 Å². The predicted molar refractivity (Wildman–Crippen MR) is 87.9 cm³/mol. The van der Waals surface area contributed by atoms with Crippen LogP contribution in [-0.4, -0.2) is 5.91 Å². The van der Waals surface area contributed by atoms with E-state index in [9.17, 15) is 4.79 Å². The highest BCUT2D eigenvalue weighted by atomic mass is 16.1. The number of primary amides is 1. The second-order valence-electron chi connectivity index (χ2n) is 4.95. The topological polar surface area (TPSA) is 81.1 Å². The van der Waals surface area contributed by atoms with Gasteiger partial charge in [0.05, 0.1) is 11.4 Å². The maximum Gasteiger partial charge on any atom is 0.248 e. The summed E-state index contributed by atoms with van der Waals surface area (Å²) in [7, 11) is 0. The second-order valence-corrected chi connectivity index (χ2v) is 4.95. The van der Waals surface area contributed by atoms with Crippen LogP contribution in [0.1, 0.15) is 35.3 Å². The molecule has 0 atom stereocenters. The highest BCUT2D eigenvalue weighted by molar-refractivity contribution is 5.95. The second kappa shape index (κ2) is 6.31. The number of aryl methyl sites for hydroxylation is 2. The number of hydrogen-bond acceptors (Lipinski definition) is 3. The van der Waals surface area contributed by atoms with Crippen molar-refractivity contribution in [1.82, 2.24) is 0 Å². The number of amides is 1. The summed E-state index contributed by atoms with van der Waals surface area (Å²) in [6.45, 7) is 4.25. The van der Waals surface area contributed by atoms with Crippen molar-refractivity contribution < 1.29 is 4.79 Å². The van der Waals surface area contributed by atoms with Crippen LogP contribution in [0.5, 0.6) is 0 Å². The number of anilines is 3. The summed E-state index contributed by atoms with van der Waals surface area (Å²) in [5, 5.41) is 3.40. The molecule has 0 bridgehead atoms. The minimum Gasteiger partial charge on any atom is -0.397 e. The van der Waals surface area contributed by atoms with Crippen LogP contribution >= 0.6 is 0 Å². The standard InChI is InChI=1S/C17H21N3O/c1-3-11-6-5-7-12(4-2)16(11)20-15-9-8-13(17(19)21)10-14(15)18/h5-10,20H,3-4,18H2,1-2H3,(H2,19,21). The van der Waals surface area contributed by atoms with Gasteiger partial charge >= 0.3 is 0 Å². The molecule has 0 heterocycles. The summed E-state index contributed by atoms with van der Waals surface area (Å²) in [5.41, 5.74) is 16.6. The maximum absolute atomic E-state index is 11.2. The lowest BCUT2D eigenvalue weighted by atomic mass is 10.0. The Bertz CT molecular complexity index is 643. The fourth-order valence-electron chi connectivity index (χ4n) is 2.37. The van der Waals surface area contributed by atoms with Gasteiger partial charge in [0.15, 0.2) is 0 Å². The summed E-state index contributed by atoms with van der Waals surface area (Å²) in [6.07, 6.45) is 1.88. The Labute approximate surface area is 125 Å². The summed E-state index contributed by atoms with van der Waals surface area (Å²) in [4.78, 5) is 11.2. The van der Waals surface area contributed by atoms with Crippen LogP contribution in [0.3, 0.4) is 0 Å². The third-order valence-corrected chi connectivity index (χ3v) is 3.59. The monoisotopic (exact) mass is 283 g/mol. The van der Waals surface area contributed by atoms with E-state index in [2.05, 4.69) is 37.4 Å². The molecule has 0 aliphatic rings. The molecule has 0 radical (unpaired) electrons. The van der Waals surface area contributed by atoms with Gasteiger partial charge < -0.3 is 16.8 Å². The Morgan fingerprint density at radius 1 is 1.10 bits per heavy atom. The smallest absolute Gasteiger partial charge is 0.248 e. The number of para-hydroxylation sites is 1. The molecule has 0 saturated carbocycles. The molecule has 0 saturated heterocycles. The lowest BCUT2D eigenvalue weighted by Gasteiger charge is -2.17. The highest BCUT2D eigenvalue weighted by Gasteiger charge is 2.09. The van der Waals surface area contributed by atoms with E-state index in [1.54, 1.807) is 18.2 Å². The van der Waals surface area contributed by atoms with E-state index in [0.717, 1.165) is 24.2 Å². The molecule has 21 heavy (non-hydrogen) atoms. The van der Waals surface area contributed by atoms with E-state index < -0.39 is 5.91 Å². The first-order chi connectivity index (χ1) is 10.1. The molecule has 0 aliphatic heterocycles. The summed E-state index contributed by atoms with van der Waals surface area (Å²) < 4.78 is 0. The average Bonchev–Trinajstić information content (AvgIpc) is 2.49. The minimum atomic E-state index is -0.476. The van der Waals surface area contributed by atoms with Crippen molar-refractivity contribution in [1.29, 1.82) is 0 Å². The number of nitrogen functional groups attached to an aromatic ring is 1. The lowest BCUT2D eigenvalue weighted by Crippen LogP contribution is -2.11. The fourth-order valence-corrected chi connectivity index (χ4v) is 2.37. The highest BCUT2D eigenvalue weighted by Crippen LogP contribution is 2.29. The van der Waals surface area contributed by atoms with Crippen molar-refractivity contribution in [3.8, 4) is 0 Å². The fraction of sp³-hybridized carbons (Fsp3) is 0.235. The zero-order valence-corrected chi connectivity index (χ0v) is 12.4. The van der Waals surface area contributed by atoms with Crippen LogP contribution < -0.4 is 16.8 Å². The Morgan fingerprint density at radius 2 is 1.71 bits per heavy atom. The number of nitrogens with one attached hydrogen (secondary N) is 1. The summed E-state index contributed by atoms with van der Waals surface area (Å²) in [5.74, 6) is -0.476. The molecule has 5 N–H and O–H groups in total. The number of nitrogens with two attached hydrogens (primary N) is 2. The first-order valence-electron chi connectivity index (χ1n) is 7.13. The number of benzene rings is 2. The molecule has 110 valence electrons. The van der Waals surface area contributed by atoms with Gasteiger partial charge in [0.2, 0.25) is 5.91 Å². The van der Waals surface area contributed by atoms with Gasteiger partial charge in [-0.1, -0.05) is 32.0 Å². The van der Waals surface area contributed by atoms with Gasteiger partial charge in [0, 0.05) is 11.3 Å². The van der Waals surface area contributed by atoms with Crippen molar-refractivity contribution in [2.24, 2.45) is 5.73 Å². The first-order valence-corrected chi connectivity index (χ1v) is 7.13. The largest absolute Gasteiger partial charge is 0.397 e. The maximum atomic E-state index is 11.2. The SMILES string of the molecule is CCc1cccc(CC)c1Nc1ccc(C(N)=O)cc1N. The minimum absolute atomic E-state index is 0.414. The van der Waals surface area contributed by atoms with Gasteiger partial charge in [-0.25, -0.2) is 0 Å². The van der Waals surface area contributed by atoms with Crippen LogP contribution in [0.25, 0.3) is 0 Å². The van der Waals surface area contributed by atoms with E-state index in [4.69, 9.17) is 11.5 Å². The van der Waals surface area contributed by atoms with Crippen molar-refractivity contribution >= 4 is 23.0 Å². The number of carbonyl (C=O) groups is 1. The molecule has 1 amide bonds. The van der Waals surface area contributed by atoms with Crippen LogP contribution in [0, 0.1) is 0 Å². The van der Waals surface area contributed by atoms with Crippen LogP contribution in [0.2, 0.25) is 0 Å². The molecule has 2 aromatic rings. The molecule has 0 fully saturated rings. The normalized spacial score (nSPS) is 10.4. The third-order valence-electron chi connectivity index (χ3n) is 3.59. The predicted octanol–water partition coefficient (Wildman–Crippen LogP) is 3.24. The molecular formula is C17H21N3O. The molecule has 0 unspecified atom stereocenters. The first kappa shape index (κ1) is 14.9. The van der Waals surface area contributed by atoms with E-state index in [-0.39, 0.29) is 0 Å². The molecule has 0 aromatic heterocycles. The lowest BCUT2D eigenvalue weighted by molar-refractivity contribution is 0.100. The Balaban J connectivity index is 2.40. The van der Waals surface area contributed by atoms with E-state index >= 15 is 0 Å². The van der Waals surface area contributed by atoms with E-state index in [1.165, 1.54) is 11.1 Å². The van der Waals surface area contributed by atoms with E-state index in [1.807, 2.05) is 0 Å². The molecule has 2 rings (SSSR count). The van der Waals surface area contributed by atoms with Crippen LogP contribution in [0.15, 0.2) is 36.4 Å². The number of rotatable bonds is 5. The van der Waals surface area contributed by atoms with Gasteiger partial charge in [-0.15, -0.1) is 0 Å². The molecule has 0 aliphatic carbocycles. The van der Waals surface area contributed by atoms with Crippen molar-refractivity contribution in [2.75, 3.05) is 11.1 Å². The Kier molecular flexibility index (Phi) is 4.48. The van der Waals surface area contributed by atoms with Crippen molar-refractivity contribution in [3.05, 3.63) is 53.1 Å². The molecular weight excluding hydrogens is 262 g/mol. The van der Waals surface area contributed by atoms with E-state index in [0.29, 0.717) is 11.3 Å². The Morgan fingerprint density at radius 3 is 2.19 bits per heavy atom. The molecule has 0 spiro atoms. The van der Waals surface area contributed by atoms with Crippen LogP contribution in [-0.2, 0) is 12.8 Å². The molecule has 4 nitrogen and oxygen atoms in total. The third kappa shape index (κ3) is 3.16.